The molecular formula is C37H34N4O4. The Bertz CT molecular complexity index is 1880. The van der Waals surface area contributed by atoms with E-state index in [0.717, 1.165) is 16.3 Å². The number of nitrogens with one attached hydrogen (secondary N) is 3. The van der Waals surface area contributed by atoms with E-state index in [1.54, 1.807) is 42.5 Å². The Morgan fingerprint density at radius 1 is 0.733 bits per heavy atom. The number of amidine groups is 1. The first-order chi connectivity index (χ1) is 21.7. The first-order valence-corrected chi connectivity index (χ1v) is 14.6. The van der Waals surface area contributed by atoms with Crippen LogP contribution in [-0.2, 0) is 11.3 Å². The number of hydrogen-bond acceptors (Lipinski definition) is 5. The summed E-state index contributed by atoms with van der Waals surface area (Å²) in [7, 11) is 0. The maximum atomic E-state index is 13.8. The molecule has 5 aromatic rings. The van der Waals surface area contributed by atoms with Gasteiger partial charge in [-0.25, -0.2) is 4.79 Å². The van der Waals surface area contributed by atoms with E-state index in [1.165, 1.54) is 6.07 Å². The molecule has 45 heavy (non-hydrogen) atoms. The van der Waals surface area contributed by atoms with Crippen LogP contribution in [0.5, 0.6) is 0 Å². The van der Waals surface area contributed by atoms with Gasteiger partial charge < -0.3 is 21.1 Å². The Morgan fingerprint density at radius 3 is 2.04 bits per heavy atom. The number of esters is 1. The zero-order chi connectivity index (χ0) is 31.9. The van der Waals surface area contributed by atoms with Crippen LogP contribution in [0.1, 0.15) is 56.0 Å². The molecule has 8 heteroatoms. The molecule has 0 aliphatic heterocycles. The molecule has 0 spiro atoms. The molecule has 0 aliphatic carbocycles. The summed E-state index contributed by atoms with van der Waals surface area (Å²) in [5.41, 5.74) is 9.22. The molecule has 5 N–H and O–H groups in total. The Hall–Kier alpha value is -5.76. The third kappa shape index (κ3) is 7.43. The molecule has 8 nitrogen and oxygen atoms in total. The second kappa shape index (κ2) is 13.7. The molecule has 0 saturated heterocycles. The van der Waals surface area contributed by atoms with Crippen molar-refractivity contribution in [2.45, 2.75) is 20.5 Å². The SMILES string of the molecule is CC(C)CNC(=O)c1ccc(-c2cc3ccccc3cc2C(=O)Nc2ccc(C(=N)N)cc2)c(C(=O)OCc2ccccc2)c1. The molecule has 0 unspecified atom stereocenters. The van der Waals surface area contributed by atoms with Crippen molar-refractivity contribution >= 4 is 40.1 Å². The van der Waals surface area contributed by atoms with Gasteiger partial charge in [-0.1, -0.05) is 74.5 Å². The minimum atomic E-state index is -0.619. The van der Waals surface area contributed by atoms with Crippen molar-refractivity contribution in [3.05, 3.63) is 137 Å². The molecule has 0 fully saturated rings. The van der Waals surface area contributed by atoms with Gasteiger partial charge in [0.15, 0.2) is 0 Å². The van der Waals surface area contributed by atoms with E-state index < -0.39 is 11.9 Å². The van der Waals surface area contributed by atoms with Gasteiger partial charge in [0.25, 0.3) is 11.8 Å². The highest BCUT2D eigenvalue weighted by Gasteiger charge is 2.23. The molecule has 0 aliphatic rings. The van der Waals surface area contributed by atoms with E-state index in [2.05, 4.69) is 10.6 Å². The van der Waals surface area contributed by atoms with Gasteiger partial charge in [0.05, 0.1) is 5.56 Å². The lowest BCUT2D eigenvalue weighted by Gasteiger charge is -2.17. The highest BCUT2D eigenvalue weighted by Crippen LogP contribution is 2.33. The lowest BCUT2D eigenvalue weighted by atomic mass is 9.91. The molecule has 0 saturated carbocycles. The molecule has 0 atom stereocenters. The van der Waals surface area contributed by atoms with Crippen molar-refractivity contribution in [3.63, 3.8) is 0 Å². The molecule has 0 heterocycles. The zero-order valence-corrected chi connectivity index (χ0v) is 25.1. The summed E-state index contributed by atoms with van der Waals surface area (Å²) in [5, 5.41) is 15.2. The van der Waals surface area contributed by atoms with E-state index in [-0.39, 0.29) is 29.8 Å². The van der Waals surface area contributed by atoms with Crippen LogP contribution in [0.15, 0.2) is 109 Å². The van der Waals surface area contributed by atoms with Crippen molar-refractivity contribution in [3.8, 4) is 11.1 Å². The highest BCUT2D eigenvalue weighted by atomic mass is 16.5. The maximum absolute atomic E-state index is 13.8. The van der Waals surface area contributed by atoms with Crippen LogP contribution in [0.4, 0.5) is 5.69 Å². The van der Waals surface area contributed by atoms with Gasteiger partial charge in [-0.2, -0.15) is 0 Å². The topological polar surface area (TPSA) is 134 Å². The number of amides is 2. The van der Waals surface area contributed by atoms with Gasteiger partial charge in [0.1, 0.15) is 12.4 Å². The van der Waals surface area contributed by atoms with Gasteiger partial charge >= 0.3 is 5.97 Å². The Kier molecular flexibility index (Phi) is 9.34. The number of hydrogen-bond donors (Lipinski definition) is 4. The van der Waals surface area contributed by atoms with Crippen molar-refractivity contribution in [2.24, 2.45) is 11.7 Å². The minimum Gasteiger partial charge on any atom is -0.457 e. The van der Waals surface area contributed by atoms with Crippen LogP contribution in [-0.4, -0.2) is 30.2 Å². The number of carbonyl (C=O) groups is 3. The molecule has 2 amide bonds. The van der Waals surface area contributed by atoms with Crippen LogP contribution in [0.3, 0.4) is 0 Å². The molecule has 226 valence electrons. The summed E-state index contributed by atoms with van der Waals surface area (Å²) in [4.78, 5) is 40.5. The third-order valence-corrected chi connectivity index (χ3v) is 7.26. The summed E-state index contributed by atoms with van der Waals surface area (Å²) in [5.74, 6) is -1.14. The lowest BCUT2D eigenvalue weighted by molar-refractivity contribution is 0.0473. The zero-order valence-electron chi connectivity index (χ0n) is 25.1. The van der Waals surface area contributed by atoms with E-state index in [1.807, 2.05) is 74.5 Å². The molecule has 0 bridgehead atoms. The molecule has 5 rings (SSSR count). The van der Waals surface area contributed by atoms with E-state index in [0.29, 0.717) is 40.0 Å². The predicted molar refractivity (Wildman–Crippen MR) is 178 cm³/mol. The molecular weight excluding hydrogens is 564 g/mol. The highest BCUT2D eigenvalue weighted by molar-refractivity contribution is 6.13. The van der Waals surface area contributed by atoms with Crippen molar-refractivity contribution < 1.29 is 19.1 Å². The van der Waals surface area contributed by atoms with Gasteiger partial charge in [0, 0.05) is 28.9 Å². The van der Waals surface area contributed by atoms with E-state index >= 15 is 0 Å². The Morgan fingerprint density at radius 2 is 1.38 bits per heavy atom. The summed E-state index contributed by atoms with van der Waals surface area (Å²) in [6, 6.07) is 32.1. The first-order valence-electron chi connectivity index (χ1n) is 14.6. The summed E-state index contributed by atoms with van der Waals surface area (Å²) in [6.45, 7) is 4.53. The van der Waals surface area contributed by atoms with Gasteiger partial charge in [-0.3, -0.25) is 15.0 Å². The lowest BCUT2D eigenvalue weighted by Crippen LogP contribution is -2.27. The normalized spacial score (nSPS) is 10.8. The quantitative estimate of drug-likeness (QED) is 0.0798. The van der Waals surface area contributed by atoms with Crippen LogP contribution < -0.4 is 16.4 Å². The number of rotatable bonds is 10. The van der Waals surface area contributed by atoms with E-state index in [4.69, 9.17) is 15.9 Å². The number of anilines is 1. The summed E-state index contributed by atoms with van der Waals surface area (Å²) in [6.07, 6.45) is 0. The Labute approximate surface area is 261 Å². The second-order valence-corrected chi connectivity index (χ2v) is 11.1. The summed E-state index contributed by atoms with van der Waals surface area (Å²) >= 11 is 0. The van der Waals surface area contributed by atoms with Crippen molar-refractivity contribution in [2.75, 3.05) is 11.9 Å². The van der Waals surface area contributed by atoms with Crippen LogP contribution in [0.2, 0.25) is 0 Å². The van der Waals surface area contributed by atoms with Crippen LogP contribution in [0, 0.1) is 11.3 Å². The van der Waals surface area contributed by atoms with Crippen LogP contribution in [0.25, 0.3) is 21.9 Å². The fourth-order valence-corrected chi connectivity index (χ4v) is 4.87. The minimum absolute atomic E-state index is 0.0458. The number of carbonyl (C=O) groups excluding carboxylic acids is 3. The monoisotopic (exact) mass is 598 g/mol. The average Bonchev–Trinajstić information content (AvgIpc) is 3.05. The Balaban J connectivity index is 1.59. The number of nitrogen functional groups attached to an aromatic ring is 1. The van der Waals surface area contributed by atoms with E-state index in [9.17, 15) is 14.4 Å². The second-order valence-electron chi connectivity index (χ2n) is 11.1. The predicted octanol–water partition coefficient (Wildman–Crippen LogP) is 6.79. The summed E-state index contributed by atoms with van der Waals surface area (Å²) < 4.78 is 5.72. The fraction of sp³-hybridized carbons (Fsp3) is 0.135. The maximum Gasteiger partial charge on any atom is 0.339 e. The average molecular weight is 599 g/mol. The number of ether oxygens (including phenoxy) is 1. The molecule has 0 aromatic heterocycles. The standard InChI is InChI=1S/C37H34N4O4/c1-23(2)21-40-35(42)28-14-17-30(33(20-28)37(44)45-22-24-8-4-3-5-9-24)31-18-26-10-6-7-11-27(26)19-32(31)36(43)41-29-15-12-25(13-16-29)34(38)39/h3-20,23H,21-22H2,1-2H3,(H3,38,39)(H,40,42)(H,41,43). The molecule has 5 aromatic carbocycles. The van der Waals surface area contributed by atoms with Crippen molar-refractivity contribution in [1.29, 1.82) is 5.41 Å². The van der Waals surface area contributed by atoms with Gasteiger partial charge in [0.2, 0.25) is 0 Å². The molecule has 0 radical (unpaired) electrons. The third-order valence-electron chi connectivity index (χ3n) is 7.26. The fourth-order valence-electron chi connectivity index (χ4n) is 4.87. The smallest absolute Gasteiger partial charge is 0.339 e. The van der Waals surface area contributed by atoms with Crippen LogP contribution >= 0.6 is 0 Å². The first kappa shape index (κ1) is 30.7. The van der Waals surface area contributed by atoms with Gasteiger partial charge in [-0.05, 0) is 81.9 Å². The number of fused-ring (bicyclic) bond motifs is 1. The van der Waals surface area contributed by atoms with Crippen molar-refractivity contribution in [1.82, 2.24) is 5.32 Å². The largest absolute Gasteiger partial charge is 0.457 e. The number of nitrogens with two attached hydrogens (primary N) is 1. The van der Waals surface area contributed by atoms with Gasteiger partial charge in [-0.15, -0.1) is 0 Å². The number of benzene rings is 5.